The Labute approximate surface area is 164 Å². The lowest BCUT2D eigenvalue weighted by Gasteiger charge is -2.20. The molecule has 1 aliphatic carbocycles. The molecule has 1 saturated carbocycles. The van der Waals surface area contributed by atoms with E-state index in [0.29, 0.717) is 15.8 Å². The Morgan fingerprint density at radius 2 is 2.07 bits per heavy atom. The van der Waals surface area contributed by atoms with Crippen LogP contribution in [0.1, 0.15) is 19.8 Å². The van der Waals surface area contributed by atoms with E-state index in [2.05, 4.69) is 15.6 Å². The van der Waals surface area contributed by atoms with Crippen LogP contribution in [0.5, 0.6) is 0 Å². The summed E-state index contributed by atoms with van der Waals surface area (Å²) in [6, 6.07) is 6.70. The topological polar surface area (TPSA) is 91.4 Å². The Hall–Kier alpha value is -2.45. The largest absolute Gasteiger partial charge is 0.325 e. The van der Waals surface area contributed by atoms with Crippen molar-refractivity contribution in [3.8, 4) is 11.3 Å². The first-order chi connectivity index (χ1) is 12.9. The standard InChI is InChI=1S/C18H17ClN4O3S/c1-18(11-4-5-11)15(25)23(17(26)22-18)8-14(24)21-16-20-13(9-27-16)10-2-6-12(19)7-3-10/h2-3,6-7,9,11H,4-5,8H2,1H3,(H,22,26)(H,20,21,24). The maximum absolute atomic E-state index is 12.6. The molecular weight excluding hydrogens is 388 g/mol. The average Bonchev–Trinajstić information content (AvgIpc) is 3.36. The number of nitrogens with one attached hydrogen (secondary N) is 2. The number of imide groups is 1. The van der Waals surface area contributed by atoms with E-state index in [1.54, 1.807) is 19.1 Å². The van der Waals surface area contributed by atoms with Crippen molar-refractivity contribution in [2.24, 2.45) is 5.92 Å². The smallest absolute Gasteiger partial charge is 0.323 e. The van der Waals surface area contributed by atoms with Crippen LogP contribution in [0.2, 0.25) is 5.02 Å². The van der Waals surface area contributed by atoms with Crippen LogP contribution in [0.3, 0.4) is 0 Å². The van der Waals surface area contributed by atoms with Crippen LogP contribution >= 0.6 is 22.9 Å². The summed E-state index contributed by atoms with van der Waals surface area (Å²) in [7, 11) is 0. The molecule has 1 unspecified atom stereocenters. The van der Waals surface area contributed by atoms with E-state index in [9.17, 15) is 14.4 Å². The molecule has 1 saturated heterocycles. The highest BCUT2D eigenvalue weighted by Gasteiger charge is 2.56. The summed E-state index contributed by atoms with van der Waals surface area (Å²) < 4.78 is 0. The number of halogens is 1. The van der Waals surface area contributed by atoms with E-state index in [0.717, 1.165) is 23.3 Å². The lowest BCUT2D eigenvalue weighted by molar-refractivity contribution is -0.134. The van der Waals surface area contributed by atoms with Crippen molar-refractivity contribution in [1.82, 2.24) is 15.2 Å². The highest BCUT2D eigenvalue weighted by Crippen LogP contribution is 2.42. The van der Waals surface area contributed by atoms with Gasteiger partial charge in [0.1, 0.15) is 12.1 Å². The van der Waals surface area contributed by atoms with Gasteiger partial charge < -0.3 is 10.6 Å². The van der Waals surface area contributed by atoms with Crippen LogP contribution in [0.4, 0.5) is 9.93 Å². The van der Waals surface area contributed by atoms with Gasteiger partial charge in [0.05, 0.1) is 5.69 Å². The minimum Gasteiger partial charge on any atom is -0.323 e. The molecule has 2 N–H and O–H groups in total. The molecule has 1 aromatic heterocycles. The molecule has 2 fully saturated rings. The van der Waals surface area contributed by atoms with E-state index in [1.807, 2.05) is 17.5 Å². The van der Waals surface area contributed by atoms with Crippen LogP contribution in [0, 0.1) is 5.92 Å². The average molecular weight is 405 g/mol. The molecule has 140 valence electrons. The summed E-state index contributed by atoms with van der Waals surface area (Å²) in [4.78, 5) is 42.3. The highest BCUT2D eigenvalue weighted by molar-refractivity contribution is 7.14. The van der Waals surface area contributed by atoms with Gasteiger partial charge in [-0.25, -0.2) is 9.78 Å². The molecule has 27 heavy (non-hydrogen) atoms. The number of urea groups is 1. The quantitative estimate of drug-likeness (QED) is 0.749. The van der Waals surface area contributed by atoms with Crippen LogP contribution in [0.25, 0.3) is 11.3 Å². The second-order valence-corrected chi connectivity index (χ2v) is 8.19. The second kappa shape index (κ2) is 6.61. The monoisotopic (exact) mass is 404 g/mol. The van der Waals surface area contributed by atoms with Crippen molar-refractivity contribution < 1.29 is 14.4 Å². The van der Waals surface area contributed by atoms with Gasteiger partial charge in [-0.1, -0.05) is 23.7 Å². The van der Waals surface area contributed by atoms with Crippen LogP contribution in [0.15, 0.2) is 29.6 Å². The Bertz CT molecular complexity index is 925. The number of hydrogen-bond donors (Lipinski definition) is 2. The molecular formula is C18H17ClN4O3S. The molecule has 7 nitrogen and oxygen atoms in total. The predicted octanol–water partition coefficient (Wildman–Crippen LogP) is 3.12. The van der Waals surface area contributed by atoms with E-state index in [1.165, 1.54) is 11.3 Å². The first-order valence-corrected chi connectivity index (χ1v) is 9.78. The molecule has 2 aromatic rings. The van der Waals surface area contributed by atoms with Gasteiger partial charge in [-0.15, -0.1) is 11.3 Å². The zero-order valence-corrected chi connectivity index (χ0v) is 16.1. The number of amides is 4. The lowest BCUT2D eigenvalue weighted by Crippen LogP contribution is -2.46. The Balaban J connectivity index is 1.41. The maximum atomic E-state index is 12.6. The SMILES string of the molecule is CC1(C2CC2)NC(=O)N(CC(=O)Nc2nc(-c3ccc(Cl)cc3)cs2)C1=O. The minimum atomic E-state index is -0.889. The minimum absolute atomic E-state index is 0.155. The molecule has 2 aliphatic rings. The summed E-state index contributed by atoms with van der Waals surface area (Å²) >= 11 is 7.15. The summed E-state index contributed by atoms with van der Waals surface area (Å²) in [6.45, 7) is 1.39. The number of rotatable bonds is 5. The van der Waals surface area contributed by atoms with Crippen molar-refractivity contribution in [2.45, 2.75) is 25.3 Å². The van der Waals surface area contributed by atoms with Gasteiger partial charge in [-0.2, -0.15) is 0 Å². The molecule has 0 spiro atoms. The molecule has 0 bridgehead atoms. The second-order valence-electron chi connectivity index (χ2n) is 6.89. The molecule has 1 aliphatic heterocycles. The van der Waals surface area contributed by atoms with Crippen molar-refractivity contribution in [3.05, 3.63) is 34.7 Å². The van der Waals surface area contributed by atoms with Crippen molar-refractivity contribution in [1.29, 1.82) is 0 Å². The first kappa shape index (κ1) is 17.9. The summed E-state index contributed by atoms with van der Waals surface area (Å²) in [6.07, 6.45) is 1.82. The zero-order valence-electron chi connectivity index (χ0n) is 14.5. The Morgan fingerprint density at radius 3 is 2.74 bits per heavy atom. The Kier molecular flexibility index (Phi) is 4.39. The predicted molar refractivity (Wildman–Crippen MR) is 103 cm³/mol. The van der Waals surface area contributed by atoms with Crippen LogP contribution < -0.4 is 10.6 Å². The van der Waals surface area contributed by atoms with E-state index in [-0.39, 0.29) is 18.4 Å². The number of hydrogen-bond acceptors (Lipinski definition) is 5. The first-order valence-electron chi connectivity index (χ1n) is 8.52. The van der Waals surface area contributed by atoms with Crippen molar-refractivity contribution >= 4 is 45.9 Å². The zero-order chi connectivity index (χ0) is 19.2. The number of carbonyl (C=O) groups is 3. The fourth-order valence-electron chi connectivity index (χ4n) is 3.18. The van der Waals surface area contributed by atoms with Gasteiger partial charge in [0.25, 0.3) is 5.91 Å². The van der Waals surface area contributed by atoms with Gasteiger partial charge in [0.15, 0.2) is 5.13 Å². The number of aromatic nitrogens is 1. The molecule has 1 aromatic carbocycles. The van der Waals surface area contributed by atoms with Gasteiger partial charge >= 0.3 is 6.03 Å². The van der Waals surface area contributed by atoms with Gasteiger partial charge in [0, 0.05) is 16.0 Å². The third-order valence-corrected chi connectivity index (χ3v) is 5.90. The van der Waals surface area contributed by atoms with Gasteiger partial charge in [-0.05, 0) is 37.8 Å². The van der Waals surface area contributed by atoms with Crippen LogP contribution in [-0.2, 0) is 9.59 Å². The molecule has 9 heteroatoms. The lowest BCUT2D eigenvalue weighted by atomic mass is 9.96. The number of thiazole rings is 1. The molecule has 1 atom stereocenters. The van der Waals surface area contributed by atoms with Crippen LogP contribution in [-0.4, -0.2) is 39.8 Å². The van der Waals surface area contributed by atoms with Crippen molar-refractivity contribution in [2.75, 3.05) is 11.9 Å². The van der Waals surface area contributed by atoms with Gasteiger partial charge in [-0.3, -0.25) is 14.5 Å². The summed E-state index contributed by atoms with van der Waals surface area (Å²) in [5, 5.41) is 8.23. The third kappa shape index (κ3) is 3.42. The molecule has 4 amide bonds. The molecule has 2 heterocycles. The Morgan fingerprint density at radius 1 is 1.37 bits per heavy atom. The maximum Gasteiger partial charge on any atom is 0.325 e. The van der Waals surface area contributed by atoms with Crippen molar-refractivity contribution in [3.63, 3.8) is 0 Å². The third-order valence-electron chi connectivity index (χ3n) is 4.89. The number of nitrogens with zero attached hydrogens (tertiary/aromatic N) is 2. The molecule has 4 rings (SSSR count). The summed E-state index contributed by atoms with van der Waals surface area (Å²) in [5.74, 6) is -0.649. The normalized spacial score (nSPS) is 22.1. The number of carbonyl (C=O) groups excluding carboxylic acids is 3. The summed E-state index contributed by atoms with van der Waals surface area (Å²) in [5.41, 5.74) is 0.703. The van der Waals surface area contributed by atoms with E-state index in [4.69, 9.17) is 11.6 Å². The fourth-order valence-corrected chi connectivity index (χ4v) is 4.05. The fraction of sp³-hybridized carbons (Fsp3) is 0.333. The highest BCUT2D eigenvalue weighted by atomic mass is 35.5. The number of anilines is 1. The van der Waals surface area contributed by atoms with E-state index >= 15 is 0 Å². The number of benzene rings is 1. The van der Waals surface area contributed by atoms with Gasteiger partial charge in [0.2, 0.25) is 5.91 Å². The molecule has 0 radical (unpaired) electrons. The van der Waals surface area contributed by atoms with E-state index < -0.39 is 17.5 Å².